The Labute approximate surface area is 179 Å². The van der Waals surface area contributed by atoms with E-state index in [1.54, 1.807) is 48.5 Å². The lowest BCUT2D eigenvalue weighted by Crippen LogP contribution is -2.40. The summed E-state index contributed by atoms with van der Waals surface area (Å²) < 4.78 is 27.0. The minimum Gasteiger partial charge on any atom is -0.349 e. The van der Waals surface area contributed by atoms with Crippen molar-refractivity contribution in [2.75, 3.05) is 11.4 Å². The molecule has 30 heavy (non-hydrogen) atoms. The van der Waals surface area contributed by atoms with Gasteiger partial charge in [-0.15, -0.1) is 0 Å². The smallest absolute Gasteiger partial charge is 0.264 e. The summed E-state index contributed by atoms with van der Waals surface area (Å²) in [5.74, 6) is 2.09. The summed E-state index contributed by atoms with van der Waals surface area (Å²) in [5.41, 5.74) is 2.08. The van der Waals surface area contributed by atoms with Crippen LogP contribution >= 0.6 is 0 Å². The van der Waals surface area contributed by atoms with Crippen LogP contribution in [0.5, 0.6) is 0 Å². The summed E-state index contributed by atoms with van der Waals surface area (Å²) in [7, 11) is -2.11. The Morgan fingerprint density at radius 2 is 1.70 bits per heavy atom. The number of hydrogen-bond donors (Lipinski definition) is 1. The molecule has 2 fully saturated rings. The summed E-state index contributed by atoms with van der Waals surface area (Å²) in [6, 6.07) is 13.7. The van der Waals surface area contributed by atoms with Gasteiger partial charge in [-0.2, -0.15) is 0 Å². The van der Waals surface area contributed by atoms with Gasteiger partial charge in [-0.25, -0.2) is 8.42 Å². The molecule has 0 spiro atoms. The van der Waals surface area contributed by atoms with Gasteiger partial charge in [0.2, 0.25) is 0 Å². The first-order valence-corrected chi connectivity index (χ1v) is 12.2. The lowest BCUT2D eigenvalue weighted by Gasteiger charge is -2.28. The topological polar surface area (TPSA) is 66.5 Å². The third-order valence-corrected chi connectivity index (χ3v) is 8.77. The summed E-state index contributed by atoms with van der Waals surface area (Å²) in [5, 5.41) is 3.16. The number of aryl methyl sites for hydroxylation is 1. The van der Waals surface area contributed by atoms with Crippen molar-refractivity contribution in [3.05, 3.63) is 59.7 Å². The quantitative estimate of drug-likeness (QED) is 0.746. The molecule has 0 aromatic heterocycles. The maximum Gasteiger partial charge on any atom is 0.264 e. The molecule has 160 valence electrons. The van der Waals surface area contributed by atoms with Gasteiger partial charge in [0, 0.05) is 18.7 Å². The second kappa shape index (κ2) is 8.06. The van der Waals surface area contributed by atoms with E-state index in [4.69, 9.17) is 0 Å². The maximum atomic E-state index is 12.9. The van der Waals surface area contributed by atoms with E-state index in [1.165, 1.54) is 37.0 Å². The van der Waals surface area contributed by atoms with Crippen LogP contribution in [-0.2, 0) is 10.0 Å². The van der Waals surface area contributed by atoms with Crippen LogP contribution in [0.15, 0.2) is 53.4 Å². The van der Waals surface area contributed by atoms with Gasteiger partial charge in [0.25, 0.3) is 15.9 Å². The molecule has 2 saturated carbocycles. The standard InChI is InChI=1S/C24H30N2O3S/c1-16-4-12-22(13-5-16)30(28,29)26(3)21-10-8-19(9-11-21)24(27)25-17(2)23-15-18-6-7-20(23)14-18/h4-5,8-13,17-18,20,23H,6-7,14-15H2,1-3H3,(H,25,27). The molecule has 0 heterocycles. The molecule has 0 radical (unpaired) electrons. The fourth-order valence-electron chi connectivity index (χ4n) is 5.13. The van der Waals surface area contributed by atoms with Crippen molar-refractivity contribution in [1.29, 1.82) is 0 Å². The molecule has 4 atom stereocenters. The SMILES string of the molecule is Cc1ccc(S(=O)(=O)N(C)c2ccc(C(=O)NC(C)C3CC4CCC3C4)cc2)cc1. The third-order valence-electron chi connectivity index (χ3n) is 6.97. The first-order chi connectivity index (χ1) is 14.3. The molecule has 2 aliphatic rings. The lowest BCUT2D eigenvalue weighted by atomic mass is 9.84. The second-order valence-corrected chi connectivity index (χ2v) is 10.9. The average Bonchev–Trinajstić information content (AvgIpc) is 3.37. The Morgan fingerprint density at radius 1 is 1.03 bits per heavy atom. The predicted octanol–water partition coefficient (Wildman–Crippen LogP) is 4.37. The molecule has 1 N–H and O–H groups in total. The van der Waals surface area contributed by atoms with E-state index in [-0.39, 0.29) is 16.8 Å². The first-order valence-electron chi connectivity index (χ1n) is 10.7. The first kappa shape index (κ1) is 20.9. The largest absolute Gasteiger partial charge is 0.349 e. The zero-order valence-electron chi connectivity index (χ0n) is 17.8. The van der Waals surface area contributed by atoms with Crippen molar-refractivity contribution < 1.29 is 13.2 Å². The predicted molar refractivity (Wildman–Crippen MR) is 119 cm³/mol. The highest BCUT2D eigenvalue weighted by atomic mass is 32.2. The lowest BCUT2D eigenvalue weighted by molar-refractivity contribution is 0.0915. The molecule has 0 aliphatic heterocycles. The molecule has 4 unspecified atom stereocenters. The van der Waals surface area contributed by atoms with E-state index in [0.717, 1.165) is 17.4 Å². The number of carbonyl (C=O) groups excluding carboxylic acids is 1. The van der Waals surface area contributed by atoms with Crippen LogP contribution in [0, 0.1) is 24.7 Å². The summed E-state index contributed by atoms with van der Waals surface area (Å²) in [6.45, 7) is 4.03. The number of sulfonamides is 1. The molecular weight excluding hydrogens is 396 g/mol. The third kappa shape index (κ3) is 3.97. The number of amides is 1. The van der Waals surface area contributed by atoms with E-state index in [2.05, 4.69) is 12.2 Å². The Balaban J connectivity index is 1.43. The Morgan fingerprint density at radius 3 is 2.27 bits per heavy atom. The van der Waals surface area contributed by atoms with Crippen LogP contribution in [0.3, 0.4) is 0 Å². The number of fused-ring (bicyclic) bond motifs is 2. The summed E-state index contributed by atoms with van der Waals surface area (Å²) in [4.78, 5) is 13.0. The van der Waals surface area contributed by atoms with Crippen molar-refractivity contribution in [2.45, 2.75) is 50.5 Å². The summed E-state index contributed by atoms with van der Waals surface area (Å²) in [6.07, 6.45) is 5.20. The molecule has 4 rings (SSSR count). The molecule has 1 amide bonds. The van der Waals surface area contributed by atoms with Crippen LogP contribution in [0.4, 0.5) is 5.69 Å². The van der Waals surface area contributed by atoms with Crippen LogP contribution in [0.1, 0.15) is 48.5 Å². The van der Waals surface area contributed by atoms with Crippen molar-refractivity contribution in [2.24, 2.45) is 17.8 Å². The van der Waals surface area contributed by atoms with E-state index in [1.807, 2.05) is 6.92 Å². The number of rotatable bonds is 6. The molecule has 0 saturated heterocycles. The second-order valence-electron chi connectivity index (χ2n) is 8.93. The van der Waals surface area contributed by atoms with Gasteiger partial charge in [0.05, 0.1) is 10.6 Å². The van der Waals surface area contributed by atoms with Crippen molar-refractivity contribution in [3.63, 3.8) is 0 Å². The minimum absolute atomic E-state index is 0.0964. The van der Waals surface area contributed by atoms with E-state index >= 15 is 0 Å². The van der Waals surface area contributed by atoms with Gasteiger partial charge in [0.1, 0.15) is 0 Å². The molecule has 2 bridgehead atoms. The molecule has 5 nitrogen and oxygen atoms in total. The number of hydrogen-bond acceptors (Lipinski definition) is 3. The van der Waals surface area contributed by atoms with E-state index < -0.39 is 10.0 Å². The van der Waals surface area contributed by atoms with Gasteiger partial charge in [0.15, 0.2) is 0 Å². The highest BCUT2D eigenvalue weighted by Crippen LogP contribution is 2.49. The number of nitrogens with one attached hydrogen (secondary N) is 1. The van der Waals surface area contributed by atoms with Crippen molar-refractivity contribution >= 4 is 21.6 Å². The van der Waals surface area contributed by atoms with Crippen LogP contribution in [0.25, 0.3) is 0 Å². The zero-order chi connectivity index (χ0) is 21.5. The Bertz CT molecular complexity index is 1020. The number of benzene rings is 2. The molecule has 6 heteroatoms. The Hall–Kier alpha value is -2.34. The van der Waals surface area contributed by atoms with Gasteiger partial charge in [-0.3, -0.25) is 9.10 Å². The molecular formula is C24H30N2O3S. The van der Waals surface area contributed by atoms with E-state index in [9.17, 15) is 13.2 Å². The average molecular weight is 427 g/mol. The van der Waals surface area contributed by atoms with Crippen LogP contribution in [-0.4, -0.2) is 27.4 Å². The number of carbonyl (C=O) groups is 1. The molecule has 2 aromatic rings. The molecule has 2 aromatic carbocycles. The highest BCUT2D eigenvalue weighted by molar-refractivity contribution is 7.92. The monoisotopic (exact) mass is 426 g/mol. The number of nitrogens with zero attached hydrogens (tertiary/aromatic N) is 1. The molecule has 2 aliphatic carbocycles. The highest BCUT2D eigenvalue weighted by Gasteiger charge is 2.42. The van der Waals surface area contributed by atoms with Crippen LogP contribution in [0.2, 0.25) is 0 Å². The van der Waals surface area contributed by atoms with Gasteiger partial charge in [-0.1, -0.05) is 24.1 Å². The number of anilines is 1. The minimum atomic E-state index is -3.64. The van der Waals surface area contributed by atoms with Crippen molar-refractivity contribution in [3.8, 4) is 0 Å². The Kier molecular flexibility index (Phi) is 5.62. The maximum absolute atomic E-state index is 12.9. The normalized spacial score (nSPS) is 23.9. The van der Waals surface area contributed by atoms with Gasteiger partial charge < -0.3 is 5.32 Å². The fraction of sp³-hybridized carbons (Fsp3) is 0.458. The van der Waals surface area contributed by atoms with Gasteiger partial charge in [-0.05, 0) is 87.3 Å². The van der Waals surface area contributed by atoms with E-state index in [0.29, 0.717) is 17.2 Å². The van der Waals surface area contributed by atoms with Crippen LogP contribution < -0.4 is 9.62 Å². The van der Waals surface area contributed by atoms with Crippen molar-refractivity contribution in [1.82, 2.24) is 5.32 Å². The summed E-state index contributed by atoms with van der Waals surface area (Å²) >= 11 is 0. The van der Waals surface area contributed by atoms with Gasteiger partial charge >= 0.3 is 0 Å². The fourth-order valence-corrected chi connectivity index (χ4v) is 6.33. The zero-order valence-corrected chi connectivity index (χ0v) is 18.7.